The summed E-state index contributed by atoms with van der Waals surface area (Å²) in [5.74, 6) is 0.622. The van der Waals surface area contributed by atoms with Crippen molar-refractivity contribution < 1.29 is 9.53 Å². The quantitative estimate of drug-likeness (QED) is 0.823. The minimum atomic E-state index is -0.0745. The van der Waals surface area contributed by atoms with Crippen LogP contribution >= 0.6 is 0 Å². The fourth-order valence-electron chi connectivity index (χ4n) is 1.59. The Labute approximate surface area is 112 Å². The van der Waals surface area contributed by atoms with Gasteiger partial charge in [0.25, 0.3) is 5.91 Å². The Morgan fingerprint density at radius 2 is 1.89 bits per heavy atom. The molecule has 1 aromatic heterocycles. The molecule has 98 valence electrons. The second-order valence-corrected chi connectivity index (χ2v) is 4.17. The topological polar surface area (TPSA) is 42.4 Å². The van der Waals surface area contributed by atoms with Crippen molar-refractivity contribution in [3.05, 3.63) is 60.4 Å². The highest BCUT2D eigenvalue weighted by molar-refractivity contribution is 5.77. The van der Waals surface area contributed by atoms with Gasteiger partial charge in [-0.3, -0.25) is 9.78 Å². The van der Waals surface area contributed by atoms with Gasteiger partial charge in [0.15, 0.2) is 6.61 Å². The van der Waals surface area contributed by atoms with Crippen molar-refractivity contribution in [1.29, 1.82) is 0 Å². The number of hydrogen-bond acceptors (Lipinski definition) is 3. The van der Waals surface area contributed by atoms with Gasteiger partial charge in [0.2, 0.25) is 0 Å². The summed E-state index contributed by atoms with van der Waals surface area (Å²) in [6, 6.07) is 14.9. The maximum absolute atomic E-state index is 11.9. The van der Waals surface area contributed by atoms with Gasteiger partial charge in [-0.25, -0.2) is 0 Å². The van der Waals surface area contributed by atoms with Gasteiger partial charge in [0, 0.05) is 13.2 Å². The SMILES string of the molecule is CN(Cc1ccccn1)C(=O)COc1ccccc1. The Balaban J connectivity index is 1.83. The fourth-order valence-corrected chi connectivity index (χ4v) is 1.59. The van der Waals surface area contributed by atoms with Crippen LogP contribution in [0.25, 0.3) is 0 Å². The molecule has 0 N–H and O–H groups in total. The van der Waals surface area contributed by atoms with Crippen LogP contribution in [0, 0.1) is 0 Å². The predicted octanol–water partition coefficient (Wildman–Crippen LogP) is 2.12. The van der Waals surface area contributed by atoms with E-state index in [9.17, 15) is 4.79 Å². The number of aromatic nitrogens is 1. The molecule has 4 nitrogen and oxygen atoms in total. The molecule has 19 heavy (non-hydrogen) atoms. The highest BCUT2D eigenvalue weighted by atomic mass is 16.5. The van der Waals surface area contributed by atoms with Crippen LogP contribution in [0.5, 0.6) is 5.75 Å². The van der Waals surface area contributed by atoms with E-state index < -0.39 is 0 Å². The second kappa shape index (κ2) is 6.54. The van der Waals surface area contributed by atoms with E-state index in [1.54, 1.807) is 18.1 Å². The molecule has 0 saturated carbocycles. The molecule has 2 rings (SSSR count). The van der Waals surface area contributed by atoms with Gasteiger partial charge in [-0.1, -0.05) is 24.3 Å². The summed E-state index contributed by atoms with van der Waals surface area (Å²) in [7, 11) is 1.74. The number of nitrogens with zero attached hydrogens (tertiary/aromatic N) is 2. The van der Waals surface area contributed by atoms with E-state index >= 15 is 0 Å². The summed E-state index contributed by atoms with van der Waals surface area (Å²) in [5.41, 5.74) is 0.859. The van der Waals surface area contributed by atoms with Gasteiger partial charge >= 0.3 is 0 Å². The zero-order valence-electron chi connectivity index (χ0n) is 10.8. The monoisotopic (exact) mass is 256 g/mol. The number of para-hydroxylation sites is 1. The van der Waals surface area contributed by atoms with Crippen LogP contribution in [0.4, 0.5) is 0 Å². The van der Waals surface area contributed by atoms with E-state index in [4.69, 9.17) is 4.74 Å². The Bertz CT molecular complexity index is 514. The molecule has 1 heterocycles. The maximum Gasteiger partial charge on any atom is 0.260 e. The molecule has 0 bridgehead atoms. The van der Waals surface area contributed by atoms with Crippen LogP contribution in [-0.2, 0) is 11.3 Å². The molecular formula is C15H16N2O2. The molecule has 0 spiro atoms. The predicted molar refractivity (Wildman–Crippen MR) is 72.6 cm³/mol. The van der Waals surface area contributed by atoms with Crippen molar-refractivity contribution in [3.8, 4) is 5.75 Å². The molecule has 2 aromatic rings. The van der Waals surface area contributed by atoms with Crippen molar-refractivity contribution >= 4 is 5.91 Å². The maximum atomic E-state index is 11.9. The number of ether oxygens (including phenoxy) is 1. The Hall–Kier alpha value is -2.36. The molecular weight excluding hydrogens is 240 g/mol. The van der Waals surface area contributed by atoms with Gasteiger partial charge in [0.1, 0.15) is 5.75 Å². The first kappa shape index (κ1) is 13.1. The molecule has 0 fully saturated rings. The van der Waals surface area contributed by atoms with E-state index in [2.05, 4.69) is 4.98 Å². The minimum absolute atomic E-state index is 0.0351. The number of pyridine rings is 1. The van der Waals surface area contributed by atoms with E-state index in [0.29, 0.717) is 12.3 Å². The molecule has 0 radical (unpaired) electrons. The van der Waals surface area contributed by atoms with Gasteiger partial charge in [-0.2, -0.15) is 0 Å². The molecule has 0 aliphatic heterocycles. The number of rotatable bonds is 5. The summed E-state index contributed by atoms with van der Waals surface area (Å²) in [4.78, 5) is 17.7. The van der Waals surface area contributed by atoms with Crippen molar-refractivity contribution in [3.63, 3.8) is 0 Å². The largest absolute Gasteiger partial charge is 0.484 e. The van der Waals surface area contributed by atoms with Crippen LogP contribution in [0.3, 0.4) is 0 Å². The summed E-state index contributed by atoms with van der Waals surface area (Å²) in [6.07, 6.45) is 1.72. The van der Waals surface area contributed by atoms with Crippen molar-refractivity contribution in [2.45, 2.75) is 6.54 Å². The van der Waals surface area contributed by atoms with Crippen LogP contribution in [0.1, 0.15) is 5.69 Å². The third kappa shape index (κ3) is 4.10. The van der Waals surface area contributed by atoms with Crippen LogP contribution in [0.2, 0.25) is 0 Å². The Kier molecular flexibility index (Phi) is 4.50. The summed E-state index contributed by atoms with van der Waals surface area (Å²) in [6.45, 7) is 0.519. The van der Waals surface area contributed by atoms with Gasteiger partial charge in [-0.15, -0.1) is 0 Å². The lowest BCUT2D eigenvalue weighted by molar-refractivity contribution is -0.132. The number of likely N-dealkylation sites (N-methyl/N-ethyl adjacent to an activating group) is 1. The smallest absolute Gasteiger partial charge is 0.260 e. The van der Waals surface area contributed by atoms with Crippen molar-refractivity contribution in [2.75, 3.05) is 13.7 Å². The summed E-state index contributed by atoms with van der Waals surface area (Å²) in [5, 5.41) is 0. The second-order valence-electron chi connectivity index (χ2n) is 4.17. The summed E-state index contributed by atoms with van der Waals surface area (Å²) >= 11 is 0. The zero-order chi connectivity index (χ0) is 13.5. The molecule has 4 heteroatoms. The lowest BCUT2D eigenvalue weighted by Crippen LogP contribution is -2.31. The number of hydrogen-bond donors (Lipinski definition) is 0. The van der Waals surface area contributed by atoms with Crippen molar-refractivity contribution in [2.24, 2.45) is 0 Å². The van der Waals surface area contributed by atoms with E-state index in [1.165, 1.54) is 0 Å². The minimum Gasteiger partial charge on any atom is -0.484 e. The summed E-state index contributed by atoms with van der Waals surface area (Å²) < 4.78 is 5.42. The standard InChI is InChI=1S/C15H16N2O2/c1-17(11-13-7-5-6-10-16-13)15(18)12-19-14-8-3-2-4-9-14/h2-10H,11-12H2,1H3. The van der Waals surface area contributed by atoms with Gasteiger partial charge < -0.3 is 9.64 Å². The number of carbonyl (C=O) groups is 1. The highest BCUT2D eigenvalue weighted by Gasteiger charge is 2.10. The van der Waals surface area contributed by atoms with E-state index in [-0.39, 0.29) is 12.5 Å². The first-order chi connectivity index (χ1) is 9.25. The number of benzene rings is 1. The fraction of sp³-hybridized carbons (Fsp3) is 0.200. The lowest BCUT2D eigenvalue weighted by atomic mass is 10.3. The normalized spacial score (nSPS) is 9.95. The average molecular weight is 256 g/mol. The van der Waals surface area contributed by atoms with Crippen LogP contribution in [-0.4, -0.2) is 29.4 Å². The molecule has 1 aromatic carbocycles. The van der Waals surface area contributed by atoms with Crippen LogP contribution < -0.4 is 4.74 Å². The zero-order valence-corrected chi connectivity index (χ0v) is 10.8. The molecule has 0 aliphatic carbocycles. The van der Waals surface area contributed by atoms with E-state index in [1.807, 2.05) is 48.5 Å². The molecule has 0 unspecified atom stereocenters. The molecule has 0 saturated heterocycles. The number of carbonyl (C=O) groups excluding carboxylic acids is 1. The highest BCUT2D eigenvalue weighted by Crippen LogP contribution is 2.08. The van der Waals surface area contributed by atoms with Crippen molar-refractivity contribution in [1.82, 2.24) is 9.88 Å². The Morgan fingerprint density at radius 3 is 2.58 bits per heavy atom. The average Bonchev–Trinajstić information content (AvgIpc) is 2.47. The number of amides is 1. The third-order valence-electron chi connectivity index (χ3n) is 2.66. The first-order valence-electron chi connectivity index (χ1n) is 6.07. The van der Waals surface area contributed by atoms with E-state index in [0.717, 1.165) is 5.69 Å². The molecule has 1 amide bonds. The van der Waals surface area contributed by atoms with Crippen LogP contribution in [0.15, 0.2) is 54.7 Å². The lowest BCUT2D eigenvalue weighted by Gasteiger charge is -2.16. The Morgan fingerprint density at radius 1 is 1.16 bits per heavy atom. The van der Waals surface area contributed by atoms with Gasteiger partial charge in [-0.05, 0) is 24.3 Å². The first-order valence-corrected chi connectivity index (χ1v) is 6.07. The molecule has 0 aliphatic rings. The third-order valence-corrected chi connectivity index (χ3v) is 2.66. The van der Waals surface area contributed by atoms with Gasteiger partial charge in [0.05, 0.1) is 12.2 Å². The molecule has 0 atom stereocenters.